The van der Waals surface area contributed by atoms with Gasteiger partial charge in [0.25, 0.3) is 5.56 Å². The van der Waals surface area contributed by atoms with Crippen molar-refractivity contribution < 1.29 is 9.90 Å². The fourth-order valence-corrected chi connectivity index (χ4v) is 5.09. The van der Waals surface area contributed by atoms with Crippen LogP contribution in [0.4, 0.5) is 0 Å². The quantitative estimate of drug-likeness (QED) is 0.861. The Kier molecular flexibility index (Phi) is 5.23. The lowest BCUT2D eigenvalue weighted by Crippen LogP contribution is -2.44. The smallest absolute Gasteiger partial charge is 0.261 e. The van der Waals surface area contributed by atoms with Crippen molar-refractivity contribution in [3.05, 3.63) is 40.9 Å². The zero-order chi connectivity index (χ0) is 19.7. The Labute approximate surface area is 165 Å². The first-order valence-corrected chi connectivity index (χ1v) is 10.5. The molecule has 1 aromatic carbocycles. The highest BCUT2D eigenvalue weighted by Gasteiger charge is 2.48. The number of amides is 1. The third kappa shape index (κ3) is 3.46. The van der Waals surface area contributed by atoms with Crippen LogP contribution in [0.15, 0.2) is 35.4 Å². The third-order valence-electron chi connectivity index (χ3n) is 6.80. The summed E-state index contributed by atoms with van der Waals surface area (Å²) in [6, 6.07) is 7.32. The maximum absolute atomic E-state index is 12.7. The molecule has 2 fully saturated rings. The molecule has 1 saturated carbocycles. The van der Waals surface area contributed by atoms with Gasteiger partial charge < -0.3 is 10.0 Å². The molecule has 1 aliphatic heterocycles. The average Bonchev–Trinajstić information content (AvgIpc) is 3.16. The average molecular weight is 383 g/mol. The monoisotopic (exact) mass is 383 g/mol. The molecule has 1 amide bonds. The number of likely N-dealkylation sites (tertiary alicyclic amines) is 1. The van der Waals surface area contributed by atoms with Crippen LogP contribution in [0.5, 0.6) is 0 Å². The first-order chi connectivity index (χ1) is 13.5. The third-order valence-corrected chi connectivity index (χ3v) is 6.80. The van der Waals surface area contributed by atoms with Crippen molar-refractivity contribution in [3.63, 3.8) is 0 Å². The van der Waals surface area contributed by atoms with Gasteiger partial charge >= 0.3 is 0 Å². The molecule has 0 bridgehead atoms. The Balaban J connectivity index is 1.35. The second-order valence-corrected chi connectivity index (χ2v) is 8.38. The summed E-state index contributed by atoms with van der Waals surface area (Å²) < 4.78 is 1.59. The van der Waals surface area contributed by atoms with E-state index in [2.05, 4.69) is 4.98 Å². The zero-order valence-corrected chi connectivity index (χ0v) is 16.5. The van der Waals surface area contributed by atoms with Gasteiger partial charge in [0, 0.05) is 32.0 Å². The number of aliphatic hydroxyl groups is 1. The molecule has 1 aliphatic carbocycles. The van der Waals surface area contributed by atoms with E-state index < -0.39 is 5.60 Å². The molecule has 150 valence electrons. The van der Waals surface area contributed by atoms with Crippen LogP contribution in [0.25, 0.3) is 10.9 Å². The lowest BCUT2D eigenvalue weighted by Gasteiger charge is -2.40. The minimum atomic E-state index is -0.609. The van der Waals surface area contributed by atoms with Gasteiger partial charge in [0.05, 0.1) is 22.8 Å². The Morgan fingerprint density at radius 1 is 1.32 bits per heavy atom. The molecule has 28 heavy (non-hydrogen) atoms. The maximum Gasteiger partial charge on any atom is 0.261 e. The zero-order valence-electron chi connectivity index (χ0n) is 16.5. The molecule has 2 aliphatic rings. The number of para-hydroxylation sites is 1. The predicted octanol–water partition coefficient (Wildman–Crippen LogP) is 2.58. The van der Waals surface area contributed by atoms with Crippen molar-refractivity contribution in [1.82, 2.24) is 14.5 Å². The molecule has 0 spiro atoms. The van der Waals surface area contributed by atoms with Gasteiger partial charge in [-0.25, -0.2) is 4.98 Å². The van der Waals surface area contributed by atoms with E-state index in [1.54, 1.807) is 17.0 Å². The summed E-state index contributed by atoms with van der Waals surface area (Å²) in [5.74, 6) is 0.770. The lowest BCUT2D eigenvalue weighted by molar-refractivity contribution is -0.130. The number of carbonyl (C=O) groups is 1. The van der Waals surface area contributed by atoms with Crippen molar-refractivity contribution in [2.24, 2.45) is 11.8 Å². The number of aryl methyl sites for hydroxylation is 1. The van der Waals surface area contributed by atoms with Crippen molar-refractivity contribution >= 4 is 16.8 Å². The minimum absolute atomic E-state index is 0.0572. The highest BCUT2D eigenvalue weighted by atomic mass is 16.3. The maximum atomic E-state index is 12.7. The van der Waals surface area contributed by atoms with E-state index >= 15 is 0 Å². The number of rotatable bonds is 5. The lowest BCUT2D eigenvalue weighted by atomic mass is 9.69. The van der Waals surface area contributed by atoms with Crippen LogP contribution in [0.2, 0.25) is 0 Å². The highest BCUT2D eigenvalue weighted by molar-refractivity contribution is 5.77. The largest absolute Gasteiger partial charge is 0.390 e. The molecule has 6 nitrogen and oxygen atoms in total. The standard InChI is InChI=1S/C22H29N3O3/c1-2-22(28)11-5-7-16-13-25(14-18(16)22)20(26)10-6-12-24-15-23-19-9-4-3-8-17(19)21(24)27/h3-4,8-9,15-16,18,28H,2,5-7,10-14H2,1H3/t16-,18+,22-/m1/s1. The van der Waals surface area contributed by atoms with Crippen LogP contribution in [-0.4, -0.2) is 44.2 Å². The van der Waals surface area contributed by atoms with Crippen molar-refractivity contribution in [3.8, 4) is 0 Å². The molecule has 1 saturated heterocycles. The molecular weight excluding hydrogens is 354 g/mol. The van der Waals surface area contributed by atoms with Crippen LogP contribution < -0.4 is 5.56 Å². The molecule has 1 N–H and O–H groups in total. The number of aromatic nitrogens is 2. The van der Waals surface area contributed by atoms with E-state index in [9.17, 15) is 14.7 Å². The van der Waals surface area contributed by atoms with E-state index in [0.29, 0.717) is 42.8 Å². The van der Waals surface area contributed by atoms with Gasteiger partial charge in [-0.15, -0.1) is 0 Å². The molecule has 2 heterocycles. The number of hydrogen-bond acceptors (Lipinski definition) is 4. The summed E-state index contributed by atoms with van der Waals surface area (Å²) in [7, 11) is 0. The minimum Gasteiger partial charge on any atom is -0.390 e. The van der Waals surface area contributed by atoms with Gasteiger partial charge in [0.1, 0.15) is 0 Å². The molecule has 6 heteroatoms. The fourth-order valence-electron chi connectivity index (χ4n) is 5.09. The first kappa shape index (κ1) is 19.1. The van der Waals surface area contributed by atoms with Gasteiger partial charge in [-0.2, -0.15) is 0 Å². The normalized spacial score (nSPS) is 27.1. The van der Waals surface area contributed by atoms with Crippen LogP contribution in [0.3, 0.4) is 0 Å². The summed E-state index contributed by atoms with van der Waals surface area (Å²) >= 11 is 0. The second kappa shape index (κ2) is 7.66. The van der Waals surface area contributed by atoms with Crippen molar-refractivity contribution in [2.75, 3.05) is 13.1 Å². The Morgan fingerprint density at radius 2 is 2.14 bits per heavy atom. The van der Waals surface area contributed by atoms with Crippen LogP contribution in [0, 0.1) is 11.8 Å². The number of hydrogen-bond donors (Lipinski definition) is 1. The number of carbonyl (C=O) groups excluding carboxylic acids is 1. The van der Waals surface area contributed by atoms with E-state index in [-0.39, 0.29) is 17.4 Å². The van der Waals surface area contributed by atoms with E-state index in [1.807, 2.05) is 30.0 Å². The molecule has 2 aromatic rings. The van der Waals surface area contributed by atoms with Crippen molar-refractivity contribution in [2.45, 2.75) is 57.6 Å². The topological polar surface area (TPSA) is 75.4 Å². The second-order valence-electron chi connectivity index (χ2n) is 8.38. The van der Waals surface area contributed by atoms with Gasteiger partial charge in [-0.3, -0.25) is 14.2 Å². The predicted molar refractivity (Wildman–Crippen MR) is 108 cm³/mol. The van der Waals surface area contributed by atoms with E-state index in [0.717, 1.165) is 32.2 Å². The summed E-state index contributed by atoms with van der Waals surface area (Å²) in [6.07, 6.45) is 6.37. The van der Waals surface area contributed by atoms with Crippen molar-refractivity contribution in [1.29, 1.82) is 0 Å². The first-order valence-electron chi connectivity index (χ1n) is 10.5. The number of fused-ring (bicyclic) bond motifs is 2. The highest BCUT2D eigenvalue weighted by Crippen LogP contribution is 2.44. The molecule has 0 unspecified atom stereocenters. The SMILES string of the molecule is CC[C@@]1(O)CCC[C@@H]2CN(C(=O)CCCn3cnc4ccccc4c3=O)C[C@@H]21. The molecule has 1 aromatic heterocycles. The fraction of sp³-hybridized carbons (Fsp3) is 0.591. The summed E-state index contributed by atoms with van der Waals surface area (Å²) in [6.45, 7) is 3.97. The summed E-state index contributed by atoms with van der Waals surface area (Å²) in [5.41, 5.74) is 0.0309. The van der Waals surface area contributed by atoms with Gasteiger partial charge in [-0.1, -0.05) is 25.5 Å². The van der Waals surface area contributed by atoms with Gasteiger partial charge in [0.2, 0.25) is 5.91 Å². The molecular formula is C22H29N3O3. The molecule has 4 rings (SSSR count). The number of benzene rings is 1. The van der Waals surface area contributed by atoms with E-state index in [1.165, 1.54) is 0 Å². The molecule has 3 atom stereocenters. The Morgan fingerprint density at radius 3 is 2.96 bits per heavy atom. The van der Waals surface area contributed by atoms with Crippen LogP contribution in [0.1, 0.15) is 45.4 Å². The number of nitrogens with zero attached hydrogens (tertiary/aromatic N) is 3. The van der Waals surface area contributed by atoms with Gasteiger partial charge in [0.15, 0.2) is 0 Å². The summed E-state index contributed by atoms with van der Waals surface area (Å²) in [4.78, 5) is 31.5. The van der Waals surface area contributed by atoms with E-state index in [4.69, 9.17) is 0 Å². The Hall–Kier alpha value is -2.21. The van der Waals surface area contributed by atoms with Crippen LogP contribution in [-0.2, 0) is 11.3 Å². The van der Waals surface area contributed by atoms with Crippen LogP contribution >= 0.6 is 0 Å². The molecule has 0 radical (unpaired) electrons. The summed E-state index contributed by atoms with van der Waals surface area (Å²) in [5, 5.41) is 11.5. The van der Waals surface area contributed by atoms with Gasteiger partial charge in [-0.05, 0) is 43.7 Å². The Bertz CT molecular complexity index is 925.